The van der Waals surface area contributed by atoms with Crippen LogP contribution in [0.15, 0.2) is 24.5 Å². The van der Waals surface area contributed by atoms with Gasteiger partial charge in [-0.25, -0.2) is 14.5 Å². The highest BCUT2D eigenvalue weighted by Crippen LogP contribution is 2.36. The van der Waals surface area contributed by atoms with Gasteiger partial charge in [-0.3, -0.25) is 0 Å². The molecule has 2 rings (SSSR count). The van der Waals surface area contributed by atoms with Crippen LogP contribution in [0.1, 0.15) is 36.7 Å². The molecule has 0 atom stereocenters. The summed E-state index contributed by atoms with van der Waals surface area (Å²) in [5, 5.41) is 12.9. The molecule has 5 nitrogen and oxygen atoms in total. The van der Waals surface area contributed by atoms with Crippen LogP contribution < -0.4 is 0 Å². The Hall–Kier alpha value is -2.38. The lowest BCUT2D eigenvalue weighted by atomic mass is 10.0. The molecule has 22 heavy (non-hydrogen) atoms. The van der Waals surface area contributed by atoms with E-state index in [1.807, 2.05) is 20.8 Å². The van der Waals surface area contributed by atoms with E-state index in [2.05, 4.69) is 10.1 Å². The molecule has 0 aliphatic rings. The zero-order valence-electron chi connectivity index (χ0n) is 12.1. The Morgan fingerprint density at radius 1 is 1.23 bits per heavy atom. The van der Waals surface area contributed by atoms with E-state index in [1.165, 1.54) is 11.0 Å². The van der Waals surface area contributed by atoms with Crippen LogP contribution in [-0.4, -0.2) is 25.8 Å². The van der Waals surface area contributed by atoms with E-state index < -0.39 is 28.8 Å². The normalized spacial score (nSPS) is 12.5. The van der Waals surface area contributed by atoms with E-state index in [1.54, 1.807) is 0 Å². The highest BCUT2D eigenvalue weighted by molar-refractivity contribution is 5.88. The first-order valence-electron chi connectivity index (χ1n) is 6.37. The largest absolute Gasteiger partial charge is 0.478 e. The van der Waals surface area contributed by atoms with Crippen LogP contribution in [0.3, 0.4) is 0 Å². The van der Waals surface area contributed by atoms with E-state index in [9.17, 15) is 18.0 Å². The maximum absolute atomic E-state index is 13.2. The lowest BCUT2D eigenvalue weighted by Gasteiger charge is -2.18. The van der Waals surface area contributed by atoms with Crippen molar-refractivity contribution < 1.29 is 23.1 Å². The number of carboxylic acid groups (broad SMARTS) is 1. The predicted molar refractivity (Wildman–Crippen MR) is 72.4 cm³/mol. The van der Waals surface area contributed by atoms with Crippen LogP contribution >= 0.6 is 0 Å². The van der Waals surface area contributed by atoms with Gasteiger partial charge < -0.3 is 5.11 Å². The lowest BCUT2D eigenvalue weighted by Crippen LogP contribution is -2.22. The molecule has 8 heteroatoms. The van der Waals surface area contributed by atoms with Gasteiger partial charge in [0, 0.05) is 5.56 Å². The molecule has 0 unspecified atom stereocenters. The molecule has 0 aliphatic heterocycles. The molecule has 0 saturated carbocycles. The van der Waals surface area contributed by atoms with Crippen LogP contribution in [0.5, 0.6) is 0 Å². The average Bonchev–Trinajstić information content (AvgIpc) is 2.86. The van der Waals surface area contributed by atoms with Gasteiger partial charge >= 0.3 is 12.1 Å². The first-order valence-corrected chi connectivity index (χ1v) is 6.37. The van der Waals surface area contributed by atoms with Crippen molar-refractivity contribution in [1.82, 2.24) is 14.8 Å². The van der Waals surface area contributed by atoms with E-state index >= 15 is 0 Å². The summed E-state index contributed by atoms with van der Waals surface area (Å²) in [6, 6.07) is 2.77. The quantitative estimate of drug-likeness (QED) is 0.922. The summed E-state index contributed by atoms with van der Waals surface area (Å²) in [5.41, 5.74) is -2.18. The second-order valence-electron chi connectivity index (χ2n) is 5.75. The van der Waals surface area contributed by atoms with Crippen molar-refractivity contribution in [1.29, 1.82) is 0 Å². The molecule has 0 amide bonds. The number of hydrogen-bond donors (Lipinski definition) is 1. The second kappa shape index (κ2) is 5.11. The number of nitrogens with zero attached hydrogens (tertiary/aromatic N) is 3. The molecule has 0 fully saturated rings. The molecule has 0 saturated heterocycles. The van der Waals surface area contributed by atoms with Crippen molar-refractivity contribution in [2.45, 2.75) is 32.5 Å². The number of aromatic carboxylic acids is 1. The van der Waals surface area contributed by atoms with Gasteiger partial charge in [-0.1, -0.05) is 0 Å². The molecule has 1 N–H and O–H groups in total. The Balaban J connectivity index is 2.60. The number of hydrogen-bond acceptors (Lipinski definition) is 3. The number of aromatic nitrogens is 3. The average molecular weight is 313 g/mol. The van der Waals surface area contributed by atoms with Crippen molar-refractivity contribution in [3.63, 3.8) is 0 Å². The molecular weight excluding hydrogens is 299 g/mol. The zero-order chi connectivity index (χ0) is 16.7. The predicted octanol–water partition coefficient (Wildman–Crippen LogP) is 3.42. The minimum Gasteiger partial charge on any atom is -0.478 e. The molecule has 0 aliphatic carbocycles. The molecule has 0 bridgehead atoms. The highest BCUT2D eigenvalue weighted by atomic mass is 19.4. The number of rotatable bonds is 2. The summed E-state index contributed by atoms with van der Waals surface area (Å²) in [7, 11) is 0. The Bertz CT molecular complexity index is 715. The number of alkyl halides is 3. The maximum atomic E-state index is 13.2. The first-order chi connectivity index (χ1) is 10.00. The summed E-state index contributed by atoms with van der Waals surface area (Å²) in [5.74, 6) is -1.52. The van der Waals surface area contributed by atoms with Gasteiger partial charge in [0.15, 0.2) is 5.82 Å². The fourth-order valence-electron chi connectivity index (χ4n) is 1.82. The van der Waals surface area contributed by atoms with Gasteiger partial charge in [0.2, 0.25) is 0 Å². The topological polar surface area (TPSA) is 68.0 Å². The molecule has 0 spiro atoms. The second-order valence-corrected chi connectivity index (χ2v) is 5.75. The molecule has 1 aromatic carbocycles. The molecule has 118 valence electrons. The fraction of sp³-hybridized carbons (Fsp3) is 0.357. The maximum Gasteiger partial charge on any atom is 0.417 e. The van der Waals surface area contributed by atoms with Gasteiger partial charge in [0.1, 0.15) is 6.33 Å². The lowest BCUT2D eigenvalue weighted by molar-refractivity contribution is -0.137. The van der Waals surface area contributed by atoms with E-state index in [0.717, 1.165) is 12.1 Å². The molecule has 2 aromatic rings. The Kier molecular flexibility index (Phi) is 3.72. The Morgan fingerprint density at radius 3 is 2.32 bits per heavy atom. The fourth-order valence-corrected chi connectivity index (χ4v) is 1.82. The van der Waals surface area contributed by atoms with Crippen molar-refractivity contribution in [2.75, 3.05) is 0 Å². The van der Waals surface area contributed by atoms with Gasteiger partial charge in [-0.2, -0.15) is 18.3 Å². The van der Waals surface area contributed by atoms with Gasteiger partial charge in [0.05, 0.1) is 16.7 Å². The monoisotopic (exact) mass is 313 g/mol. The SMILES string of the molecule is CC(C)(C)n1cnc(-c2ccc(C(=O)O)cc2C(F)(F)F)n1. The summed E-state index contributed by atoms with van der Waals surface area (Å²) < 4.78 is 40.9. The molecule has 1 heterocycles. The number of carboxylic acids is 1. The van der Waals surface area contributed by atoms with Crippen LogP contribution in [0.4, 0.5) is 13.2 Å². The summed E-state index contributed by atoms with van der Waals surface area (Å²) in [6.07, 6.45) is -3.35. The van der Waals surface area contributed by atoms with E-state index in [4.69, 9.17) is 5.11 Å². The molecule has 1 aromatic heterocycles. The van der Waals surface area contributed by atoms with Crippen LogP contribution in [0.2, 0.25) is 0 Å². The Labute approximate surface area is 124 Å². The van der Waals surface area contributed by atoms with Gasteiger partial charge in [-0.15, -0.1) is 0 Å². The molecule has 0 radical (unpaired) electrons. The third-order valence-electron chi connectivity index (χ3n) is 2.99. The van der Waals surface area contributed by atoms with Crippen molar-refractivity contribution in [3.05, 3.63) is 35.7 Å². The minimum atomic E-state index is -4.70. The standard InChI is InChI=1S/C14H14F3N3O2/c1-13(2,3)20-7-18-11(19-20)9-5-4-8(12(21)22)6-10(9)14(15,16)17/h4-7H,1-3H3,(H,21,22). The van der Waals surface area contributed by atoms with Gasteiger partial charge in [0.25, 0.3) is 0 Å². The third kappa shape index (κ3) is 3.10. The Morgan fingerprint density at radius 2 is 1.86 bits per heavy atom. The molecular formula is C14H14F3N3O2. The smallest absolute Gasteiger partial charge is 0.417 e. The number of benzene rings is 1. The number of halogens is 3. The van der Waals surface area contributed by atoms with Crippen LogP contribution in [0.25, 0.3) is 11.4 Å². The first kappa shape index (κ1) is 16.0. The van der Waals surface area contributed by atoms with Crippen molar-refractivity contribution in [2.24, 2.45) is 0 Å². The van der Waals surface area contributed by atoms with Crippen molar-refractivity contribution in [3.8, 4) is 11.4 Å². The zero-order valence-corrected chi connectivity index (χ0v) is 12.1. The number of carbonyl (C=O) groups is 1. The minimum absolute atomic E-state index is 0.0980. The van der Waals surface area contributed by atoms with E-state index in [0.29, 0.717) is 6.07 Å². The highest BCUT2D eigenvalue weighted by Gasteiger charge is 2.35. The van der Waals surface area contributed by atoms with Gasteiger partial charge in [-0.05, 0) is 39.0 Å². The third-order valence-corrected chi connectivity index (χ3v) is 2.99. The van der Waals surface area contributed by atoms with Crippen LogP contribution in [0, 0.1) is 0 Å². The van der Waals surface area contributed by atoms with E-state index in [-0.39, 0.29) is 11.4 Å². The summed E-state index contributed by atoms with van der Waals surface area (Å²) >= 11 is 0. The summed E-state index contributed by atoms with van der Waals surface area (Å²) in [4.78, 5) is 14.8. The summed E-state index contributed by atoms with van der Waals surface area (Å²) in [6.45, 7) is 5.51. The van der Waals surface area contributed by atoms with Crippen LogP contribution in [-0.2, 0) is 11.7 Å². The van der Waals surface area contributed by atoms with Crippen molar-refractivity contribution >= 4 is 5.97 Å².